The van der Waals surface area contributed by atoms with E-state index >= 15 is 0 Å². The fraction of sp³-hybridized carbons (Fsp3) is 1.00. The number of nitrogens with zero attached hydrogens (tertiary/aromatic N) is 7. The van der Waals surface area contributed by atoms with Gasteiger partial charge in [-0.3, -0.25) is 30.3 Å². The van der Waals surface area contributed by atoms with Crippen molar-refractivity contribution in [3.8, 4) is 0 Å². The molecule has 0 radical (unpaired) electrons. The van der Waals surface area contributed by atoms with Crippen LogP contribution < -0.4 is 82.4 Å². The highest BCUT2D eigenvalue weighted by Crippen LogP contribution is 1.96. The number of hydrogen-bond acceptors (Lipinski definition) is 22. The van der Waals surface area contributed by atoms with Crippen molar-refractivity contribution >= 4 is 0 Å². The lowest BCUT2D eigenvalue weighted by Gasteiger charge is -2.28. The first-order valence-corrected chi connectivity index (χ1v) is 27.5. The molecule has 22 nitrogen and oxygen atoms in total. The van der Waals surface area contributed by atoms with E-state index in [-0.39, 0.29) is 0 Å². The standard InChI is InChI=1S/C45H113N21.C2H5N/c1-4-12-53-17-35-63(36-18-54-14-7-46)37-24-58-25-40-64(39-23-57-21-33-61(28-8-47)29-9-48)38-22-56-20-32-60(27-6-13-59-45-65(26-5-2)31-11-50)41-43-66(51)44-42-62(30-10-49)34-19-55-16-15-52-3;1-2-3-1/h52-59H,4-51H2,1-3H3;3H,1-2H2. The summed E-state index contributed by atoms with van der Waals surface area (Å²) in [5.41, 5.74) is 29.2. The normalized spacial score (nSPS) is 12.9. The van der Waals surface area contributed by atoms with Gasteiger partial charge in [-0.05, 0) is 52.5 Å². The minimum absolute atomic E-state index is 0.652. The second kappa shape index (κ2) is 54.9. The van der Waals surface area contributed by atoms with Crippen molar-refractivity contribution in [1.82, 2.24) is 82.3 Å². The van der Waals surface area contributed by atoms with Crippen LogP contribution in [0.4, 0.5) is 0 Å². The summed E-state index contributed by atoms with van der Waals surface area (Å²) in [4.78, 5) is 14.9. The molecule has 1 aliphatic rings. The Bertz CT molecular complexity index is 953. The maximum Gasteiger partial charge on any atom is 0.0480 e. The molecule has 0 aromatic heterocycles. The summed E-state index contributed by atoms with van der Waals surface area (Å²) in [5.74, 6) is 6.61. The third-order valence-electron chi connectivity index (χ3n) is 11.9. The van der Waals surface area contributed by atoms with Crippen molar-refractivity contribution in [3.63, 3.8) is 0 Å². The molecule has 1 aliphatic heterocycles. The monoisotopic (exact) mass is 991 g/mol. The predicted octanol–water partition coefficient (Wildman–Crippen LogP) is -6.13. The summed E-state index contributed by atoms with van der Waals surface area (Å²) in [7, 11) is 1.98. The second-order valence-electron chi connectivity index (χ2n) is 18.2. The van der Waals surface area contributed by atoms with Crippen LogP contribution in [-0.4, -0.2) is 310 Å². The van der Waals surface area contributed by atoms with E-state index in [4.69, 9.17) is 34.5 Å². The number of rotatable bonds is 56. The Balaban J connectivity index is 0.0000148. The Morgan fingerprint density at radius 1 is 0.333 bits per heavy atom. The molecule has 0 atom stereocenters. The summed E-state index contributed by atoms with van der Waals surface area (Å²) >= 11 is 0. The van der Waals surface area contributed by atoms with Crippen molar-refractivity contribution < 1.29 is 0 Å². The molecule has 0 spiro atoms. The number of hydrazine groups is 1. The first-order chi connectivity index (χ1) is 33.9. The Hall–Kier alpha value is -0.880. The lowest BCUT2D eigenvalue weighted by atomic mass is 10.3. The molecule has 1 saturated heterocycles. The van der Waals surface area contributed by atoms with Crippen molar-refractivity contribution in [1.29, 1.82) is 0 Å². The molecule has 0 aromatic carbocycles. The Kier molecular flexibility index (Phi) is 54.2. The lowest BCUT2D eigenvalue weighted by Crippen LogP contribution is -2.47. The van der Waals surface area contributed by atoms with Crippen LogP contribution in [0.15, 0.2) is 0 Å². The topological polar surface area (TPSA) is 297 Å². The van der Waals surface area contributed by atoms with Crippen LogP contribution in [0.5, 0.6) is 0 Å². The number of likely N-dealkylation sites (N-methyl/N-ethyl adjacent to an activating group) is 1. The van der Waals surface area contributed by atoms with E-state index in [1.165, 1.54) is 13.1 Å². The van der Waals surface area contributed by atoms with E-state index in [0.717, 1.165) is 242 Å². The number of nitrogens with two attached hydrogens (primary N) is 6. The molecule has 0 saturated carbocycles. The minimum atomic E-state index is 0.652. The van der Waals surface area contributed by atoms with Gasteiger partial charge in [0.1, 0.15) is 0 Å². The zero-order chi connectivity index (χ0) is 50.5. The third-order valence-corrected chi connectivity index (χ3v) is 11.9. The van der Waals surface area contributed by atoms with Crippen molar-refractivity contribution in [2.75, 3.05) is 276 Å². The summed E-state index contributed by atoms with van der Waals surface area (Å²) in [6.45, 7) is 42.9. The van der Waals surface area contributed by atoms with Crippen LogP contribution >= 0.6 is 0 Å². The first kappa shape index (κ1) is 68.1. The van der Waals surface area contributed by atoms with Gasteiger partial charge in [0.25, 0.3) is 0 Å². The maximum absolute atomic E-state index is 6.61. The van der Waals surface area contributed by atoms with Gasteiger partial charge in [-0.15, -0.1) is 0 Å². The van der Waals surface area contributed by atoms with Crippen LogP contribution in [0.25, 0.3) is 0 Å². The van der Waals surface area contributed by atoms with Gasteiger partial charge in [0.15, 0.2) is 0 Å². The maximum atomic E-state index is 6.61. The quantitative estimate of drug-likeness (QED) is 0.00887. The molecule has 69 heavy (non-hydrogen) atoms. The zero-order valence-electron chi connectivity index (χ0n) is 45.2. The van der Waals surface area contributed by atoms with Gasteiger partial charge in [-0.2, -0.15) is 0 Å². The molecule has 0 aromatic rings. The molecule has 0 aliphatic carbocycles. The van der Waals surface area contributed by atoms with Crippen LogP contribution in [0.2, 0.25) is 0 Å². The van der Waals surface area contributed by atoms with Gasteiger partial charge in [0, 0.05) is 242 Å². The molecule has 1 fully saturated rings. The van der Waals surface area contributed by atoms with Gasteiger partial charge in [0.05, 0.1) is 0 Å². The van der Waals surface area contributed by atoms with E-state index in [9.17, 15) is 0 Å². The molecule has 416 valence electrons. The molecule has 0 bridgehead atoms. The van der Waals surface area contributed by atoms with Gasteiger partial charge in [0.2, 0.25) is 0 Å². The Morgan fingerprint density at radius 2 is 0.696 bits per heavy atom. The van der Waals surface area contributed by atoms with E-state index in [1.54, 1.807) is 0 Å². The van der Waals surface area contributed by atoms with Crippen LogP contribution in [0.1, 0.15) is 33.1 Å². The molecule has 22 heteroatoms. The largest absolute Gasteiger partial charge is 0.329 e. The van der Waals surface area contributed by atoms with E-state index < -0.39 is 0 Å². The summed E-state index contributed by atoms with van der Waals surface area (Å²) < 4.78 is 0. The number of hydrogen-bond donors (Lipinski definition) is 15. The first-order valence-electron chi connectivity index (χ1n) is 27.5. The van der Waals surface area contributed by atoms with Crippen molar-refractivity contribution in [3.05, 3.63) is 0 Å². The highest BCUT2D eigenvalue weighted by Gasteiger charge is 2.12. The van der Waals surface area contributed by atoms with Crippen LogP contribution in [0, 0.1) is 0 Å². The smallest absolute Gasteiger partial charge is 0.0480 e. The zero-order valence-corrected chi connectivity index (χ0v) is 45.2. The van der Waals surface area contributed by atoms with E-state index in [1.807, 2.05) is 12.1 Å². The second-order valence-corrected chi connectivity index (χ2v) is 18.2. The van der Waals surface area contributed by atoms with E-state index in [2.05, 4.69) is 91.1 Å². The Labute approximate surface area is 424 Å². The van der Waals surface area contributed by atoms with E-state index in [0.29, 0.717) is 32.7 Å². The highest BCUT2D eigenvalue weighted by atomic mass is 15.4. The van der Waals surface area contributed by atoms with Gasteiger partial charge in [-0.1, -0.05) is 13.8 Å². The molecular formula is C47H118N22. The number of nitrogens with one attached hydrogen (secondary N) is 9. The van der Waals surface area contributed by atoms with Crippen LogP contribution in [0.3, 0.4) is 0 Å². The SMILES string of the molecule is C1CN1.CCCNCCN(CCNCCN)CCNCCN(CCNCCN(CCN)CCN)CCNCCN(CCCNCN(CCC)CCN)CCN(N)CCN(CCN)CCNCCNC. The van der Waals surface area contributed by atoms with Crippen LogP contribution in [-0.2, 0) is 0 Å². The molecule has 1 heterocycles. The Morgan fingerprint density at radius 3 is 1.07 bits per heavy atom. The average molecular weight is 992 g/mol. The van der Waals surface area contributed by atoms with Gasteiger partial charge < -0.3 is 81.4 Å². The van der Waals surface area contributed by atoms with Gasteiger partial charge in [-0.25, -0.2) is 5.01 Å². The minimum Gasteiger partial charge on any atom is -0.329 e. The average Bonchev–Trinajstić information content (AvgIpc) is 4.24. The summed E-state index contributed by atoms with van der Waals surface area (Å²) in [6.07, 6.45) is 3.38. The molecule has 21 N–H and O–H groups in total. The van der Waals surface area contributed by atoms with Crippen molar-refractivity contribution in [2.45, 2.75) is 33.1 Å². The van der Waals surface area contributed by atoms with Gasteiger partial charge >= 0.3 is 0 Å². The molecule has 0 unspecified atom stereocenters. The summed E-state index contributed by atoms with van der Waals surface area (Å²) in [6, 6.07) is 0. The predicted molar refractivity (Wildman–Crippen MR) is 297 cm³/mol. The highest BCUT2D eigenvalue weighted by molar-refractivity contribution is 4.71. The molecule has 0 amide bonds. The van der Waals surface area contributed by atoms with Crippen molar-refractivity contribution in [2.24, 2.45) is 34.5 Å². The summed E-state index contributed by atoms with van der Waals surface area (Å²) in [5, 5.41) is 33.6. The molecular weight excluding hydrogens is 873 g/mol. The lowest BCUT2D eigenvalue weighted by molar-refractivity contribution is 0.176. The molecule has 1 rings (SSSR count). The fourth-order valence-corrected chi connectivity index (χ4v) is 7.69. The fourth-order valence-electron chi connectivity index (χ4n) is 7.69. The third kappa shape index (κ3) is 49.1.